The van der Waals surface area contributed by atoms with Gasteiger partial charge < -0.3 is 10.6 Å². The molecule has 2 heterocycles. The molecule has 2 aliphatic heterocycles. The Morgan fingerprint density at radius 3 is 2.95 bits per heavy atom. The second-order valence-corrected chi connectivity index (χ2v) is 7.22. The van der Waals surface area contributed by atoms with Crippen molar-refractivity contribution >= 4 is 15.7 Å². The molecular weight excluding hydrogens is 268 g/mol. The van der Waals surface area contributed by atoms with E-state index in [1.54, 1.807) is 0 Å². The predicted molar refractivity (Wildman–Crippen MR) is 69.0 cm³/mol. The number of rotatable bonds is 3. The molecule has 0 bridgehead atoms. The van der Waals surface area contributed by atoms with Crippen molar-refractivity contribution < 1.29 is 13.2 Å². The van der Waals surface area contributed by atoms with Gasteiger partial charge in [-0.1, -0.05) is 0 Å². The summed E-state index contributed by atoms with van der Waals surface area (Å²) in [6.07, 6.45) is 0.483. The third-order valence-electron chi connectivity index (χ3n) is 3.45. The first-order chi connectivity index (χ1) is 9.00. The van der Waals surface area contributed by atoms with Crippen LogP contribution in [-0.4, -0.2) is 69.0 Å². The Hall–Kier alpha value is -1.17. The van der Waals surface area contributed by atoms with Crippen molar-refractivity contribution in [2.45, 2.75) is 18.5 Å². The Balaban J connectivity index is 1.83. The zero-order valence-electron chi connectivity index (χ0n) is 10.6. The van der Waals surface area contributed by atoms with E-state index in [1.165, 1.54) is 0 Å². The van der Waals surface area contributed by atoms with E-state index in [-0.39, 0.29) is 36.0 Å². The molecule has 2 fully saturated rings. The number of carbonyl (C=O) groups is 1. The number of carbonyl (C=O) groups excluding carboxylic acids is 1. The molecule has 0 aromatic carbocycles. The molecule has 2 saturated heterocycles. The smallest absolute Gasteiger partial charge is 0.234 e. The van der Waals surface area contributed by atoms with Crippen LogP contribution < -0.4 is 10.6 Å². The van der Waals surface area contributed by atoms with Gasteiger partial charge in [0, 0.05) is 25.7 Å². The van der Waals surface area contributed by atoms with Crippen LogP contribution in [0, 0.1) is 11.3 Å². The molecule has 0 radical (unpaired) electrons. The molecule has 106 valence electrons. The van der Waals surface area contributed by atoms with Crippen molar-refractivity contribution in [1.82, 2.24) is 15.5 Å². The lowest BCUT2D eigenvalue weighted by atomic mass is 10.2. The first kappa shape index (κ1) is 14.2. The summed E-state index contributed by atoms with van der Waals surface area (Å²) in [7, 11) is -2.98. The monoisotopic (exact) mass is 286 g/mol. The van der Waals surface area contributed by atoms with Crippen LogP contribution >= 0.6 is 0 Å². The van der Waals surface area contributed by atoms with Crippen LogP contribution in [0.3, 0.4) is 0 Å². The SMILES string of the molecule is N#CC1CNCCN1CC(=O)NC1CCS(=O)(=O)C1. The second kappa shape index (κ2) is 5.86. The molecule has 2 N–H and O–H groups in total. The molecule has 0 aromatic heterocycles. The summed E-state index contributed by atoms with van der Waals surface area (Å²) < 4.78 is 22.6. The minimum Gasteiger partial charge on any atom is -0.351 e. The molecule has 2 unspecified atom stereocenters. The van der Waals surface area contributed by atoms with Gasteiger partial charge in [-0.15, -0.1) is 0 Å². The molecule has 8 heteroatoms. The average Bonchev–Trinajstić information content (AvgIpc) is 2.69. The standard InChI is InChI=1S/C11H18N4O3S/c12-5-10-6-13-2-3-15(10)7-11(16)14-9-1-4-19(17,18)8-9/h9-10,13H,1-4,6-8H2,(H,14,16). The van der Waals surface area contributed by atoms with Crippen LogP contribution in [-0.2, 0) is 14.6 Å². The van der Waals surface area contributed by atoms with Gasteiger partial charge in [0.25, 0.3) is 0 Å². The first-order valence-corrected chi connectivity index (χ1v) is 8.16. The largest absolute Gasteiger partial charge is 0.351 e. The molecule has 19 heavy (non-hydrogen) atoms. The van der Waals surface area contributed by atoms with Crippen molar-refractivity contribution in [1.29, 1.82) is 5.26 Å². The number of amides is 1. The van der Waals surface area contributed by atoms with Gasteiger partial charge >= 0.3 is 0 Å². The zero-order chi connectivity index (χ0) is 13.9. The third kappa shape index (κ3) is 3.89. The lowest BCUT2D eigenvalue weighted by Crippen LogP contribution is -2.54. The predicted octanol–water partition coefficient (Wildman–Crippen LogP) is -1.91. The molecule has 7 nitrogen and oxygen atoms in total. The summed E-state index contributed by atoms with van der Waals surface area (Å²) >= 11 is 0. The van der Waals surface area contributed by atoms with Crippen LogP contribution in [0.5, 0.6) is 0 Å². The minimum absolute atomic E-state index is 0.0297. The fourth-order valence-corrected chi connectivity index (χ4v) is 4.10. The van der Waals surface area contributed by atoms with Gasteiger partial charge in [0.05, 0.1) is 24.1 Å². The molecular formula is C11H18N4O3S. The van der Waals surface area contributed by atoms with Crippen molar-refractivity contribution in [3.05, 3.63) is 0 Å². The van der Waals surface area contributed by atoms with Crippen molar-refractivity contribution in [2.24, 2.45) is 0 Å². The fraction of sp³-hybridized carbons (Fsp3) is 0.818. The first-order valence-electron chi connectivity index (χ1n) is 6.34. The van der Waals surface area contributed by atoms with Gasteiger partial charge in [0.1, 0.15) is 6.04 Å². The topological polar surface area (TPSA) is 102 Å². The maximum Gasteiger partial charge on any atom is 0.234 e. The maximum absolute atomic E-state index is 11.9. The Kier molecular flexibility index (Phi) is 4.39. The number of hydrogen-bond donors (Lipinski definition) is 2. The number of nitrogens with one attached hydrogen (secondary N) is 2. The number of nitriles is 1. The molecule has 0 aromatic rings. The Labute approximate surface area is 112 Å². The van der Waals surface area contributed by atoms with Crippen molar-refractivity contribution in [3.63, 3.8) is 0 Å². The van der Waals surface area contributed by atoms with Crippen LogP contribution in [0.4, 0.5) is 0 Å². The lowest BCUT2D eigenvalue weighted by Gasteiger charge is -2.31. The maximum atomic E-state index is 11.9. The van der Waals surface area contributed by atoms with E-state index in [1.807, 2.05) is 4.90 Å². The van der Waals surface area contributed by atoms with E-state index in [2.05, 4.69) is 16.7 Å². The van der Waals surface area contributed by atoms with Gasteiger partial charge in [-0.2, -0.15) is 5.26 Å². The van der Waals surface area contributed by atoms with E-state index in [0.717, 1.165) is 6.54 Å². The molecule has 0 aliphatic carbocycles. The minimum atomic E-state index is -2.98. The lowest BCUT2D eigenvalue weighted by molar-refractivity contribution is -0.123. The summed E-state index contributed by atoms with van der Waals surface area (Å²) in [5.74, 6) is -0.0294. The molecule has 0 saturated carbocycles. The van der Waals surface area contributed by atoms with E-state index < -0.39 is 9.84 Å². The summed E-state index contributed by atoms with van der Waals surface area (Å²) in [4.78, 5) is 13.7. The summed E-state index contributed by atoms with van der Waals surface area (Å²) in [5.41, 5.74) is 0. The molecule has 1 amide bonds. The van der Waals surface area contributed by atoms with Crippen molar-refractivity contribution in [3.8, 4) is 6.07 Å². The average molecular weight is 286 g/mol. The molecule has 2 rings (SSSR count). The quantitative estimate of drug-likeness (QED) is 0.627. The summed E-state index contributed by atoms with van der Waals surface area (Å²) in [5, 5.41) is 14.8. The van der Waals surface area contributed by atoms with E-state index in [4.69, 9.17) is 5.26 Å². The summed E-state index contributed by atoms with van der Waals surface area (Å²) in [6.45, 7) is 2.11. The van der Waals surface area contributed by atoms with E-state index >= 15 is 0 Å². The van der Waals surface area contributed by atoms with Crippen LogP contribution in [0.15, 0.2) is 0 Å². The van der Waals surface area contributed by atoms with Gasteiger partial charge in [-0.3, -0.25) is 9.69 Å². The zero-order valence-corrected chi connectivity index (χ0v) is 11.4. The number of nitrogens with zero attached hydrogens (tertiary/aromatic N) is 2. The van der Waals surface area contributed by atoms with Gasteiger partial charge in [-0.05, 0) is 6.42 Å². The molecule has 2 aliphatic rings. The highest BCUT2D eigenvalue weighted by molar-refractivity contribution is 7.91. The molecule has 0 spiro atoms. The van der Waals surface area contributed by atoms with Gasteiger partial charge in [0.15, 0.2) is 9.84 Å². The Bertz CT molecular complexity index is 485. The highest BCUT2D eigenvalue weighted by atomic mass is 32.2. The number of sulfone groups is 1. The van der Waals surface area contributed by atoms with Gasteiger partial charge in [-0.25, -0.2) is 8.42 Å². The Morgan fingerprint density at radius 2 is 2.32 bits per heavy atom. The third-order valence-corrected chi connectivity index (χ3v) is 5.22. The van der Waals surface area contributed by atoms with E-state index in [9.17, 15) is 13.2 Å². The van der Waals surface area contributed by atoms with Crippen molar-refractivity contribution in [2.75, 3.05) is 37.7 Å². The normalized spacial score (nSPS) is 30.7. The van der Waals surface area contributed by atoms with Crippen LogP contribution in [0.2, 0.25) is 0 Å². The highest BCUT2D eigenvalue weighted by Gasteiger charge is 2.30. The molecule has 2 atom stereocenters. The van der Waals surface area contributed by atoms with Crippen LogP contribution in [0.1, 0.15) is 6.42 Å². The highest BCUT2D eigenvalue weighted by Crippen LogP contribution is 2.11. The Morgan fingerprint density at radius 1 is 1.53 bits per heavy atom. The number of piperazine rings is 1. The fourth-order valence-electron chi connectivity index (χ4n) is 2.43. The summed E-state index contributed by atoms with van der Waals surface area (Å²) in [6, 6.07) is 1.58. The van der Waals surface area contributed by atoms with Crippen LogP contribution in [0.25, 0.3) is 0 Å². The van der Waals surface area contributed by atoms with E-state index in [0.29, 0.717) is 19.5 Å². The second-order valence-electron chi connectivity index (χ2n) is 4.99. The number of hydrogen-bond acceptors (Lipinski definition) is 6. The van der Waals surface area contributed by atoms with Gasteiger partial charge in [0.2, 0.25) is 5.91 Å².